The van der Waals surface area contributed by atoms with Gasteiger partial charge in [-0.3, -0.25) is 0 Å². The van der Waals surface area contributed by atoms with Gasteiger partial charge in [0.05, 0.1) is 17.2 Å². The molecule has 1 aromatic rings. The van der Waals surface area contributed by atoms with Gasteiger partial charge in [-0.05, 0) is 19.9 Å². The van der Waals surface area contributed by atoms with E-state index in [2.05, 4.69) is 46.4 Å². The fraction of sp³-hybridized carbons (Fsp3) is 0.789. The number of carbonyl (C=O) groups excluding carboxylic acids is 1. The molecule has 3 rings (SSSR count). The summed E-state index contributed by atoms with van der Waals surface area (Å²) >= 11 is 1.68. The van der Waals surface area contributed by atoms with E-state index in [9.17, 15) is 4.79 Å². The lowest BCUT2D eigenvalue weighted by Crippen LogP contribution is -2.48. The standard InChI is InChI=1S/C19H33N5OS/c1-15(2)17-21-16(12-26-17)11-23(4)18(25)20-13-19(5-6-19)14-24-9-7-22(3)8-10-24/h12,15H,5-11,13-14H2,1-4H3,(H,20,25). The van der Waals surface area contributed by atoms with Crippen LogP contribution in [0.25, 0.3) is 0 Å². The van der Waals surface area contributed by atoms with Crippen molar-refractivity contribution in [1.82, 2.24) is 25.0 Å². The lowest BCUT2D eigenvalue weighted by molar-refractivity contribution is 0.129. The molecule has 7 heteroatoms. The molecule has 1 aromatic heterocycles. The number of thiazole rings is 1. The van der Waals surface area contributed by atoms with Gasteiger partial charge in [0.2, 0.25) is 0 Å². The minimum Gasteiger partial charge on any atom is -0.337 e. The molecule has 2 amide bonds. The van der Waals surface area contributed by atoms with E-state index in [0.29, 0.717) is 17.9 Å². The van der Waals surface area contributed by atoms with Gasteiger partial charge in [0.15, 0.2) is 0 Å². The van der Waals surface area contributed by atoms with E-state index in [1.54, 1.807) is 16.2 Å². The minimum absolute atomic E-state index is 0.00810. The number of likely N-dealkylation sites (N-methyl/N-ethyl adjacent to an activating group) is 1. The fourth-order valence-electron chi connectivity index (χ4n) is 3.42. The molecule has 1 saturated carbocycles. The monoisotopic (exact) mass is 379 g/mol. The SMILES string of the molecule is CC(C)c1nc(CN(C)C(=O)NCC2(CN3CCN(C)CC3)CC2)cs1. The number of aromatic nitrogens is 1. The summed E-state index contributed by atoms with van der Waals surface area (Å²) in [5.41, 5.74) is 1.28. The second-order valence-corrected chi connectivity index (χ2v) is 9.32. The summed E-state index contributed by atoms with van der Waals surface area (Å²) in [5.74, 6) is 0.442. The maximum Gasteiger partial charge on any atom is 0.317 e. The van der Waals surface area contributed by atoms with Crippen LogP contribution in [0.15, 0.2) is 5.38 Å². The molecule has 2 heterocycles. The van der Waals surface area contributed by atoms with Crippen LogP contribution in [0, 0.1) is 5.41 Å². The Hall–Kier alpha value is -1.18. The van der Waals surface area contributed by atoms with Crippen LogP contribution in [0.5, 0.6) is 0 Å². The highest BCUT2D eigenvalue weighted by Gasteiger charge is 2.44. The van der Waals surface area contributed by atoms with Gasteiger partial charge in [-0.1, -0.05) is 13.8 Å². The van der Waals surface area contributed by atoms with Crippen molar-refractivity contribution in [3.8, 4) is 0 Å². The first-order chi connectivity index (χ1) is 12.4. The third-order valence-electron chi connectivity index (χ3n) is 5.54. The molecule has 0 spiro atoms. The predicted molar refractivity (Wildman–Crippen MR) is 107 cm³/mol. The number of hydrogen-bond donors (Lipinski definition) is 1. The Bertz CT molecular complexity index is 605. The topological polar surface area (TPSA) is 51.7 Å². The van der Waals surface area contributed by atoms with Gasteiger partial charge in [0.1, 0.15) is 0 Å². The van der Waals surface area contributed by atoms with Gasteiger partial charge >= 0.3 is 6.03 Å². The largest absolute Gasteiger partial charge is 0.337 e. The van der Waals surface area contributed by atoms with Crippen molar-refractivity contribution >= 4 is 17.4 Å². The summed E-state index contributed by atoms with van der Waals surface area (Å²) in [6.07, 6.45) is 2.46. The Morgan fingerprint density at radius 3 is 2.62 bits per heavy atom. The van der Waals surface area contributed by atoms with Crippen molar-refractivity contribution in [1.29, 1.82) is 0 Å². The molecule has 1 N–H and O–H groups in total. The molecule has 0 bridgehead atoms. The zero-order valence-corrected chi connectivity index (χ0v) is 17.4. The summed E-state index contributed by atoms with van der Waals surface area (Å²) < 4.78 is 0. The maximum absolute atomic E-state index is 12.5. The molecule has 0 unspecified atom stereocenters. The Kier molecular flexibility index (Phi) is 6.20. The fourth-order valence-corrected chi connectivity index (χ4v) is 4.25. The Labute approximate surface area is 161 Å². The highest BCUT2D eigenvalue weighted by Crippen LogP contribution is 2.45. The van der Waals surface area contributed by atoms with Crippen molar-refractivity contribution in [2.24, 2.45) is 5.41 Å². The van der Waals surface area contributed by atoms with Crippen molar-refractivity contribution < 1.29 is 4.79 Å². The van der Waals surface area contributed by atoms with Gasteiger partial charge in [-0.2, -0.15) is 0 Å². The van der Waals surface area contributed by atoms with Crippen LogP contribution in [0.4, 0.5) is 4.79 Å². The second-order valence-electron chi connectivity index (χ2n) is 8.43. The molecule has 0 aromatic carbocycles. The van der Waals surface area contributed by atoms with Crippen LogP contribution < -0.4 is 5.32 Å². The third-order valence-corrected chi connectivity index (χ3v) is 6.73. The smallest absolute Gasteiger partial charge is 0.317 e. The van der Waals surface area contributed by atoms with Gasteiger partial charge in [0, 0.05) is 63.0 Å². The van der Waals surface area contributed by atoms with Gasteiger partial charge in [-0.25, -0.2) is 9.78 Å². The van der Waals surface area contributed by atoms with Gasteiger partial charge in [0.25, 0.3) is 0 Å². The van der Waals surface area contributed by atoms with Crippen LogP contribution >= 0.6 is 11.3 Å². The first-order valence-corrected chi connectivity index (χ1v) is 10.6. The summed E-state index contributed by atoms with van der Waals surface area (Å²) in [6, 6.07) is 0.00810. The Balaban J connectivity index is 1.42. The molecule has 0 atom stereocenters. The van der Waals surface area contributed by atoms with Crippen molar-refractivity contribution in [2.75, 3.05) is 53.4 Å². The number of amides is 2. The number of hydrogen-bond acceptors (Lipinski definition) is 5. The van der Waals surface area contributed by atoms with E-state index < -0.39 is 0 Å². The lowest BCUT2D eigenvalue weighted by atomic mass is 10.1. The zero-order valence-electron chi connectivity index (χ0n) is 16.6. The van der Waals surface area contributed by atoms with E-state index in [1.807, 2.05) is 7.05 Å². The van der Waals surface area contributed by atoms with Crippen molar-refractivity contribution in [2.45, 2.75) is 39.2 Å². The molecule has 146 valence electrons. The molecular weight excluding hydrogens is 346 g/mol. The Morgan fingerprint density at radius 2 is 2.04 bits per heavy atom. The number of nitrogens with zero attached hydrogens (tertiary/aromatic N) is 4. The number of rotatable bonds is 7. The molecule has 0 radical (unpaired) electrons. The number of carbonyl (C=O) groups is 1. The minimum atomic E-state index is 0.00810. The molecular formula is C19H33N5OS. The molecule has 26 heavy (non-hydrogen) atoms. The summed E-state index contributed by atoms with van der Waals surface area (Å²) in [4.78, 5) is 23.8. The average Bonchev–Trinajstić information content (AvgIpc) is 3.21. The molecule has 1 aliphatic heterocycles. The van der Waals surface area contributed by atoms with Crippen molar-refractivity contribution in [3.05, 3.63) is 16.1 Å². The lowest BCUT2D eigenvalue weighted by Gasteiger charge is -2.35. The number of nitrogens with one attached hydrogen (secondary N) is 1. The molecule has 1 saturated heterocycles. The van der Waals surface area contributed by atoms with Crippen LogP contribution in [-0.2, 0) is 6.54 Å². The van der Waals surface area contributed by atoms with E-state index in [0.717, 1.165) is 50.0 Å². The summed E-state index contributed by atoms with van der Waals surface area (Å²) in [7, 11) is 4.04. The van der Waals surface area contributed by atoms with Crippen LogP contribution in [-0.4, -0.2) is 79.1 Å². The maximum atomic E-state index is 12.5. The van der Waals surface area contributed by atoms with Crippen molar-refractivity contribution in [3.63, 3.8) is 0 Å². The van der Waals surface area contributed by atoms with Gasteiger partial charge < -0.3 is 20.0 Å². The van der Waals surface area contributed by atoms with Gasteiger partial charge in [-0.15, -0.1) is 11.3 Å². The van der Waals surface area contributed by atoms with E-state index in [-0.39, 0.29) is 6.03 Å². The Morgan fingerprint density at radius 1 is 1.35 bits per heavy atom. The molecule has 2 fully saturated rings. The van der Waals surface area contributed by atoms with E-state index >= 15 is 0 Å². The van der Waals surface area contributed by atoms with Crippen LogP contribution in [0.3, 0.4) is 0 Å². The number of piperazine rings is 1. The second kappa shape index (κ2) is 8.23. The summed E-state index contributed by atoms with van der Waals surface area (Å²) in [5, 5.41) is 6.36. The highest BCUT2D eigenvalue weighted by molar-refractivity contribution is 7.09. The number of urea groups is 1. The highest BCUT2D eigenvalue weighted by atomic mass is 32.1. The quantitative estimate of drug-likeness (QED) is 0.791. The third kappa shape index (κ3) is 5.18. The average molecular weight is 380 g/mol. The first-order valence-electron chi connectivity index (χ1n) is 9.71. The normalized spacial score (nSPS) is 20.3. The van der Waals surface area contributed by atoms with E-state index in [1.165, 1.54) is 12.8 Å². The van der Waals surface area contributed by atoms with Crippen LogP contribution in [0.1, 0.15) is 43.3 Å². The predicted octanol–water partition coefficient (Wildman–Crippen LogP) is 2.44. The molecule has 1 aliphatic carbocycles. The van der Waals surface area contributed by atoms with Crippen LogP contribution in [0.2, 0.25) is 0 Å². The molecule has 2 aliphatic rings. The summed E-state index contributed by atoms with van der Waals surface area (Å²) in [6.45, 7) is 11.4. The molecule has 6 nitrogen and oxygen atoms in total. The zero-order chi connectivity index (χ0) is 18.7. The van der Waals surface area contributed by atoms with E-state index in [4.69, 9.17) is 0 Å². The first kappa shape index (κ1) is 19.6.